The molecular formula is C19H26N2O5. The number of oxime groups is 1. The van der Waals surface area contributed by atoms with Gasteiger partial charge in [0, 0.05) is 13.0 Å². The fourth-order valence-electron chi connectivity index (χ4n) is 2.29. The lowest BCUT2D eigenvalue weighted by Crippen LogP contribution is -2.21. The summed E-state index contributed by atoms with van der Waals surface area (Å²) in [6, 6.07) is 5.62. The summed E-state index contributed by atoms with van der Waals surface area (Å²) in [7, 11) is 5.91. The predicted octanol–water partition coefficient (Wildman–Crippen LogP) is 2.82. The van der Waals surface area contributed by atoms with Crippen molar-refractivity contribution in [3.63, 3.8) is 0 Å². The molecule has 142 valence electrons. The fraction of sp³-hybridized carbons (Fsp3) is 0.421. The van der Waals surface area contributed by atoms with Crippen LogP contribution in [0.2, 0.25) is 0 Å². The maximum atomic E-state index is 11.5. The van der Waals surface area contributed by atoms with Gasteiger partial charge in [-0.1, -0.05) is 24.2 Å². The molecule has 7 heteroatoms. The molecule has 0 amide bonds. The second-order valence-corrected chi connectivity index (χ2v) is 5.43. The van der Waals surface area contributed by atoms with Gasteiger partial charge in [0.1, 0.15) is 18.6 Å². The van der Waals surface area contributed by atoms with Crippen LogP contribution in [0.25, 0.3) is 6.08 Å². The van der Waals surface area contributed by atoms with E-state index in [4.69, 9.17) is 14.3 Å². The van der Waals surface area contributed by atoms with Crippen LogP contribution < -0.4 is 0 Å². The predicted molar refractivity (Wildman–Crippen MR) is 99.6 cm³/mol. The molecule has 0 bridgehead atoms. The van der Waals surface area contributed by atoms with Crippen molar-refractivity contribution in [2.45, 2.75) is 20.0 Å². The Balaban J connectivity index is 2.99. The minimum Gasteiger partial charge on any atom is -0.500 e. The van der Waals surface area contributed by atoms with E-state index in [2.05, 4.69) is 14.9 Å². The van der Waals surface area contributed by atoms with Gasteiger partial charge >= 0.3 is 5.97 Å². The molecule has 0 aliphatic carbocycles. The molecule has 0 spiro atoms. The van der Waals surface area contributed by atoms with E-state index in [1.54, 1.807) is 7.11 Å². The van der Waals surface area contributed by atoms with Gasteiger partial charge in [0.25, 0.3) is 0 Å². The van der Waals surface area contributed by atoms with E-state index in [1.807, 2.05) is 44.2 Å². The van der Waals surface area contributed by atoms with Crippen molar-refractivity contribution in [2.75, 3.05) is 28.4 Å². The first-order valence-corrected chi connectivity index (χ1v) is 8.06. The minimum absolute atomic E-state index is 0.194. The molecule has 0 aromatic carbocycles. The first-order chi connectivity index (χ1) is 12.5. The van der Waals surface area contributed by atoms with E-state index >= 15 is 0 Å². The zero-order valence-corrected chi connectivity index (χ0v) is 16.1. The van der Waals surface area contributed by atoms with Gasteiger partial charge in [-0.3, -0.25) is 0 Å². The molecule has 0 radical (unpaired) electrons. The van der Waals surface area contributed by atoms with Crippen molar-refractivity contribution in [2.24, 2.45) is 11.1 Å². The lowest BCUT2D eigenvalue weighted by atomic mass is 10.0. The van der Waals surface area contributed by atoms with Gasteiger partial charge in [-0.05, 0) is 25.1 Å². The number of carbonyl (C=O) groups excluding carboxylic acids is 1. The highest BCUT2D eigenvalue weighted by molar-refractivity contribution is 5.96. The second kappa shape index (κ2) is 11.0. The summed E-state index contributed by atoms with van der Waals surface area (Å²) in [6.45, 7) is 3.72. The van der Waals surface area contributed by atoms with E-state index in [9.17, 15) is 4.79 Å². The summed E-state index contributed by atoms with van der Waals surface area (Å²) in [5.41, 5.74) is 2.15. The molecule has 1 heterocycles. The maximum absolute atomic E-state index is 11.5. The highest BCUT2D eigenvalue weighted by Gasteiger charge is 2.20. The van der Waals surface area contributed by atoms with Crippen LogP contribution in [0.15, 0.2) is 41.3 Å². The molecule has 1 aromatic heterocycles. The molecular weight excluding hydrogens is 336 g/mol. The molecule has 26 heavy (non-hydrogen) atoms. The molecule has 0 saturated heterocycles. The third kappa shape index (κ3) is 6.33. The fourth-order valence-corrected chi connectivity index (χ4v) is 2.29. The summed E-state index contributed by atoms with van der Waals surface area (Å²) >= 11 is 0. The Morgan fingerprint density at radius 2 is 1.92 bits per heavy atom. The molecule has 0 saturated carbocycles. The number of pyridine rings is 1. The number of rotatable bonds is 9. The van der Waals surface area contributed by atoms with Crippen molar-refractivity contribution >= 4 is 17.8 Å². The highest BCUT2D eigenvalue weighted by atomic mass is 16.6. The Hall–Kier alpha value is -2.67. The SMILES string of the molecule is CO/N=C(/C)c1cccc(/C=C/[C@H](OC)[C@@H](C)/C(=C\C(=O)OC)OC)n1. The molecule has 1 rings (SSSR count). The lowest BCUT2D eigenvalue weighted by Gasteiger charge is -2.21. The van der Waals surface area contributed by atoms with E-state index in [0.29, 0.717) is 11.5 Å². The van der Waals surface area contributed by atoms with Gasteiger partial charge in [-0.2, -0.15) is 0 Å². The number of aromatic nitrogens is 1. The van der Waals surface area contributed by atoms with E-state index in [-0.39, 0.29) is 12.0 Å². The first-order valence-electron chi connectivity index (χ1n) is 8.06. The average Bonchev–Trinajstić information content (AvgIpc) is 2.66. The van der Waals surface area contributed by atoms with Crippen molar-refractivity contribution < 1.29 is 23.8 Å². The van der Waals surface area contributed by atoms with Crippen LogP contribution >= 0.6 is 0 Å². The van der Waals surface area contributed by atoms with E-state index in [0.717, 1.165) is 11.4 Å². The van der Waals surface area contributed by atoms with Crippen LogP contribution in [0.1, 0.15) is 25.2 Å². The molecule has 0 aliphatic heterocycles. The summed E-state index contributed by atoms with van der Waals surface area (Å²) in [5.74, 6) is -0.201. The number of esters is 1. The zero-order chi connectivity index (χ0) is 19.5. The number of ether oxygens (including phenoxy) is 3. The summed E-state index contributed by atoms with van der Waals surface area (Å²) < 4.78 is 15.5. The van der Waals surface area contributed by atoms with Crippen LogP contribution in [-0.4, -0.2) is 51.2 Å². The summed E-state index contributed by atoms with van der Waals surface area (Å²) in [4.78, 5) is 20.7. The quantitative estimate of drug-likeness (QED) is 0.221. The summed E-state index contributed by atoms with van der Waals surface area (Å²) in [5, 5.41) is 3.88. The topological polar surface area (TPSA) is 79.2 Å². The van der Waals surface area contributed by atoms with Crippen LogP contribution in [0.5, 0.6) is 0 Å². The molecule has 0 aliphatic rings. The van der Waals surface area contributed by atoms with Gasteiger partial charge < -0.3 is 19.0 Å². The Labute approximate surface area is 154 Å². The second-order valence-electron chi connectivity index (χ2n) is 5.43. The van der Waals surface area contributed by atoms with Gasteiger partial charge in [-0.15, -0.1) is 0 Å². The lowest BCUT2D eigenvalue weighted by molar-refractivity contribution is -0.135. The van der Waals surface area contributed by atoms with E-state index in [1.165, 1.54) is 27.4 Å². The number of carbonyl (C=O) groups is 1. The largest absolute Gasteiger partial charge is 0.500 e. The zero-order valence-electron chi connectivity index (χ0n) is 16.1. The monoisotopic (exact) mass is 362 g/mol. The smallest absolute Gasteiger partial charge is 0.333 e. The summed E-state index contributed by atoms with van der Waals surface area (Å²) in [6.07, 6.45) is 4.71. The van der Waals surface area contributed by atoms with Crippen LogP contribution in [0.4, 0.5) is 0 Å². The van der Waals surface area contributed by atoms with Crippen molar-refractivity contribution in [3.05, 3.63) is 47.5 Å². The molecule has 1 aromatic rings. The van der Waals surface area contributed by atoms with Gasteiger partial charge in [0.15, 0.2) is 0 Å². The van der Waals surface area contributed by atoms with Crippen LogP contribution in [-0.2, 0) is 23.8 Å². The van der Waals surface area contributed by atoms with Crippen LogP contribution in [0.3, 0.4) is 0 Å². The number of methoxy groups -OCH3 is 3. The Bertz CT molecular complexity index is 682. The standard InChI is InChI=1S/C19H26N2O5/c1-13(18(24-4)12-19(22)25-5)17(23-3)11-10-15-8-7-9-16(20-15)14(2)21-26-6/h7-13,17H,1-6H3/b11-10+,18-12+,21-14-/t13-,17+/m1/s1. The Morgan fingerprint density at radius 3 is 2.50 bits per heavy atom. The maximum Gasteiger partial charge on any atom is 0.333 e. The minimum atomic E-state index is -0.477. The number of hydrogen-bond donors (Lipinski definition) is 0. The van der Waals surface area contributed by atoms with Crippen molar-refractivity contribution in [1.82, 2.24) is 4.98 Å². The van der Waals surface area contributed by atoms with Gasteiger partial charge in [0.05, 0.1) is 37.8 Å². The number of nitrogens with zero attached hydrogens (tertiary/aromatic N) is 2. The average molecular weight is 362 g/mol. The van der Waals surface area contributed by atoms with E-state index < -0.39 is 5.97 Å². The van der Waals surface area contributed by atoms with Crippen LogP contribution in [0, 0.1) is 5.92 Å². The van der Waals surface area contributed by atoms with Crippen molar-refractivity contribution in [1.29, 1.82) is 0 Å². The molecule has 0 N–H and O–H groups in total. The Kier molecular flexibility index (Phi) is 9.08. The molecule has 0 fully saturated rings. The third-order valence-electron chi connectivity index (χ3n) is 3.74. The normalized spacial score (nSPS) is 14.8. The Morgan fingerprint density at radius 1 is 1.19 bits per heavy atom. The first kappa shape index (κ1) is 21.4. The molecule has 0 unspecified atom stereocenters. The number of hydrogen-bond acceptors (Lipinski definition) is 7. The van der Waals surface area contributed by atoms with Gasteiger partial charge in [-0.25, -0.2) is 9.78 Å². The molecule has 2 atom stereocenters. The molecule has 7 nitrogen and oxygen atoms in total. The van der Waals surface area contributed by atoms with Crippen molar-refractivity contribution in [3.8, 4) is 0 Å². The third-order valence-corrected chi connectivity index (χ3v) is 3.74. The highest BCUT2D eigenvalue weighted by Crippen LogP contribution is 2.20. The van der Waals surface area contributed by atoms with Gasteiger partial charge in [0.2, 0.25) is 0 Å².